The predicted molar refractivity (Wildman–Crippen MR) is 164 cm³/mol. The van der Waals surface area contributed by atoms with E-state index in [9.17, 15) is 10.1 Å². The lowest BCUT2D eigenvalue weighted by Crippen LogP contribution is -2.35. The summed E-state index contributed by atoms with van der Waals surface area (Å²) in [5, 5.41) is 18.9. The molecule has 0 atom stereocenters. The number of nitro groups is 1. The van der Waals surface area contributed by atoms with E-state index in [2.05, 4.69) is 55.0 Å². The van der Waals surface area contributed by atoms with Crippen molar-refractivity contribution in [3.63, 3.8) is 0 Å². The van der Waals surface area contributed by atoms with Crippen molar-refractivity contribution in [2.24, 2.45) is 11.0 Å². The van der Waals surface area contributed by atoms with Gasteiger partial charge in [0.05, 0.1) is 16.2 Å². The molecule has 1 aliphatic rings. The second-order valence-corrected chi connectivity index (χ2v) is 10.7. The van der Waals surface area contributed by atoms with Crippen LogP contribution in [-0.4, -0.2) is 39.2 Å². The molecule has 1 saturated heterocycles. The van der Waals surface area contributed by atoms with Crippen molar-refractivity contribution in [1.82, 2.24) is 15.0 Å². The topological polar surface area (TPSA) is 121 Å². The molecule has 0 spiro atoms. The number of rotatable bonds is 9. The molecule has 0 saturated carbocycles. The molecule has 0 unspecified atom stereocenters. The minimum Gasteiger partial charge on any atom is -0.341 e. The summed E-state index contributed by atoms with van der Waals surface area (Å²) in [6.45, 7) is 3.66. The summed E-state index contributed by atoms with van der Waals surface area (Å²) in [6, 6.07) is 21.0. The summed E-state index contributed by atoms with van der Waals surface area (Å²) >= 11 is 12.2. The van der Waals surface area contributed by atoms with E-state index in [0.717, 1.165) is 43.6 Å². The normalized spacial score (nSPS) is 13.9. The highest BCUT2D eigenvalue weighted by Crippen LogP contribution is 2.30. The molecule has 210 valence electrons. The lowest BCUT2D eigenvalue weighted by Gasteiger charge is -2.32. The minimum absolute atomic E-state index is 0.0495. The molecule has 1 fully saturated rings. The molecule has 1 aromatic heterocycles. The molecule has 12 heteroatoms. The summed E-state index contributed by atoms with van der Waals surface area (Å²) in [5.41, 5.74) is 6.21. The average molecular weight is 592 g/mol. The van der Waals surface area contributed by atoms with E-state index in [0.29, 0.717) is 23.4 Å². The second kappa shape index (κ2) is 12.9. The first-order chi connectivity index (χ1) is 19.8. The Morgan fingerprint density at radius 1 is 1.00 bits per heavy atom. The molecule has 0 aliphatic carbocycles. The van der Waals surface area contributed by atoms with E-state index in [4.69, 9.17) is 28.2 Å². The van der Waals surface area contributed by atoms with Crippen molar-refractivity contribution in [2.45, 2.75) is 26.2 Å². The molecule has 2 N–H and O–H groups in total. The smallest absolute Gasteiger partial charge is 0.288 e. The summed E-state index contributed by atoms with van der Waals surface area (Å²) in [6.07, 6.45) is 4.46. The number of hydrogen-bond donors (Lipinski definition) is 2. The number of piperidine rings is 1. The number of hydrogen-bond acceptors (Lipinski definition) is 9. The fourth-order valence-corrected chi connectivity index (χ4v) is 5.12. The second-order valence-electron chi connectivity index (χ2n) is 9.85. The Morgan fingerprint density at radius 2 is 1.71 bits per heavy atom. The van der Waals surface area contributed by atoms with Gasteiger partial charge in [-0.2, -0.15) is 20.1 Å². The quantitative estimate of drug-likeness (QED) is 0.121. The third-order valence-corrected chi connectivity index (χ3v) is 7.46. The predicted octanol–water partition coefficient (Wildman–Crippen LogP) is 7.04. The lowest BCUT2D eigenvalue weighted by molar-refractivity contribution is -0.384. The third-order valence-electron chi connectivity index (χ3n) is 6.83. The Morgan fingerprint density at radius 3 is 2.41 bits per heavy atom. The van der Waals surface area contributed by atoms with Gasteiger partial charge in [-0.3, -0.25) is 10.1 Å². The monoisotopic (exact) mass is 590 g/mol. The molecule has 4 aromatic rings. The maximum absolute atomic E-state index is 11.3. The number of nitro benzene ring substituents is 1. The van der Waals surface area contributed by atoms with Gasteiger partial charge < -0.3 is 10.2 Å². The Bertz CT molecular complexity index is 1540. The van der Waals surface area contributed by atoms with Crippen LogP contribution in [0.3, 0.4) is 0 Å². The Labute approximate surface area is 247 Å². The largest absolute Gasteiger partial charge is 0.341 e. The number of aromatic nitrogens is 3. The first-order valence-electron chi connectivity index (χ1n) is 13.1. The van der Waals surface area contributed by atoms with Gasteiger partial charge in [0.25, 0.3) is 5.69 Å². The average Bonchev–Trinajstić information content (AvgIpc) is 2.96. The number of aryl methyl sites for hydroxylation is 1. The van der Waals surface area contributed by atoms with Crippen LogP contribution < -0.4 is 15.6 Å². The van der Waals surface area contributed by atoms with Gasteiger partial charge in [0.15, 0.2) is 0 Å². The molecule has 41 heavy (non-hydrogen) atoms. The molecular formula is C29H28Cl2N8O2. The summed E-state index contributed by atoms with van der Waals surface area (Å²) in [7, 11) is 0. The standard InChI is InChI=1S/C29H28Cl2N8O2/c1-19-7-9-23(10-8-19)33-27-34-28(37-32-18-22-16-26(39(40)41)25(31)17-24(22)30)36-29(35-27)38-13-11-21(12-14-38)15-20-5-3-2-4-6-20/h2-10,16-18,21H,11-15H2,1H3,(H2,33,34,35,36,37)/b32-18+. The molecule has 2 heterocycles. The van der Waals surface area contributed by atoms with Crippen LogP contribution in [0.1, 0.15) is 29.5 Å². The van der Waals surface area contributed by atoms with Gasteiger partial charge in [-0.1, -0.05) is 71.2 Å². The summed E-state index contributed by atoms with van der Waals surface area (Å²) in [4.78, 5) is 26.6. The molecule has 1 aliphatic heterocycles. The number of benzene rings is 3. The molecule has 0 radical (unpaired) electrons. The maximum Gasteiger partial charge on any atom is 0.288 e. The highest BCUT2D eigenvalue weighted by atomic mass is 35.5. The van der Waals surface area contributed by atoms with Crippen molar-refractivity contribution in [3.05, 3.63) is 104 Å². The fraction of sp³-hybridized carbons (Fsp3) is 0.241. The van der Waals surface area contributed by atoms with Crippen LogP contribution in [0.4, 0.5) is 29.2 Å². The maximum atomic E-state index is 11.3. The van der Waals surface area contributed by atoms with Crippen LogP contribution in [0.25, 0.3) is 0 Å². The van der Waals surface area contributed by atoms with Gasteiger partial charge in [0, 0.05) is 30.4 Å². The van der Waals surface area contributed by atoms with Crippen LogP contribution in [0.15, 0.2) is 71.8 Å². The fourth-order valence-electron chi connectivity index (χ4n) is 4.61. The first kappa shape index (κ1) is 28.3. The minimum atomic E-state index is -0.576. The van der Waals surface area contributed by atoms with Crippen LogP contribution in [0.2, 0.25) is 10.0 Å². The molecule has 10 nitrogen and oxygen atoms in total. The van der Waals surface area contributed by atoms with E-state index in [1.807, 2.05) is 37.3 Å². The highest BCUT2D eigenvalue weighted by Gasteiger charge is 2.23. The number of hydrazone groups is 1. The van der Waals surface area contributed by atoms with Crippen molar-refractivity contribution >= 4 is 58.6 Å². The van der Waals surface area contributed by atoms with Crippen molar-refractivity contribution < 1.29 is 4.92 Å². The van der Waals surface area contributed by atoms with Gasteiger partial charge >= 0.3 is 0 Å². The van der Waals surface area contributed by atoms with E-state index in [1.165, 1.54) is 23.9 Å². The molecule has 3 aromatic carbocycles. The van der Waals surface area contributed by atoms with Gasteiger partial charge in [0.2, 0.25) is 17.8 Å². The number of halogens is 2. The number of anilines is 4. The van der Waals surface area contributed by atoms with Gasteiger partial charge in [-0.25, -0.2) is 5.43 Å². The van der Waals surface area contributed by atoms with E-state index < -0.39 is 4.92 Å². The number of nitrogens with zero attached hydrogens (tertiary/aromatic N) is 6. The van der Waals surface area contributed by atoms with E-state index in [-0.39, 0.29) is 21.7 Å². The highest BCUT2D eigenvalue weighted by molar-refractivity contribution is 6.37. The van der Waals surface area contributed by atoms with E-state index >= 15 is 0 Å². The molecule has 5 rings (SSSR count). The molecule has 0 bridgehead atoms. The van der Waals surface area contributed by atoms with E-state index in [1.54, 1.807) is 0 Å². The van der Waals surface area contributed by atoms with Crippen LogP contribution in [0, 0.1) is 23.0 Å². The Kier molecular flexibility index (Phi) is 8.91. The first-order valence-corrected chi connectivity index (χ1v) is 13.9. The van der Waals surface area contributed by atoms with Gasteiger partial charge in [-0.05, 0) is 55.9 Å². The SMILES string of the molecule is Cc1ccc(Nc2nc(N/N=C/c3cc([N+](=O)[O-])c(Cl)cc3Cl)nc(N3CCC(Cc4ccccc4)CC3)n2)cc1. The zero-order chi connectivity index (χ0) is 28.8. The van der Waals surface area contributed by atoms with Crippen molar-refractivity contribution in [2.75, 3.05) is 28.7 Å². The Balaban J connectivity index is 1.34. The van der Waals surface area contributed by atoms with Crippen molar-refractivity contribution in [1.29, 1.82) is 0 Å². The molecular weight excluding hydrogens is 563 g/mol. The summed E-state index contributed by atoms with van der Waals surface area (Å²) in [5.74, 6) is 1.71. The van der Waals surface area contributed by atoms with Gasteiger partial charge in [0.1, 0.15) is 5.02 Å². The van der Waals surface area contributed by atoms with Gasteiger partial charge in [-0.15, -0.1) is 0 Å². The zero-order valence-corrected chi connectivity index (χ0v) is 23.8. The molecule has 0 amide bonds. The van der Waals surface area contributed by atoms with Crippen LogP contribution >= 0.6 is 23.2 Å². The Hall–Kier alpha value is -4.28. The zero-order valence-electron chi connectivity index (χ0n) is 22.3. The third kappa shape index (κ3) is 7.47. The van der Waals surface area contributed by atoms with Crippen molar-refractivity contribution in [3.8, 4) is 0 Å². The summed E-state index contributed by atoms with van der Waals surface area (Å²) < 4.78 is 0. The lowest BCUT2D eigenvalue weighted by atomic mass is 9.90. The van der Waals surface area contributed by atoms with Crippen LogP contribution in [0.5, 0.6) is 0 Å². The van der Waals surface area contributed by atoms with Crippen LogP contribution in [-0.2, 0) is 6.42 Å². The number of nitrogens with one attached hydrogen (secondary N) is 2.